The van der Waals surface area contributed by atoms with E-state index in [1.54, 1.807) is 4.90 Å². The highest BCUT2D eigenvalue weighted by Crippen LogP contribution is 2.32. The van der Waals surface area contributed by atoms with Crippen LogP contribution in [-0.2, 0) is 11.3 Å². The Morgan fingerprint density at radius 2 is 1.61 bits per heavy atom. The van der Waals surface area contributed by atoms with Crippen molar-refractivity contribution in [2.45, 2.75) is 36.6 Å². The van der Waals surface area contributed by atoms with E-state index in [-0.39, 0.29) is 0 Å². The van der Waals surface area contributed by atoms with Crippen LogP contribution in [-0.4, -0.2) is 20.1 Å². The molecular weight excluding hydrogens is 293 g/mol. The van der Waals surface area contributed by atoms with Crippen LogP contribution in [0.2, 0.25) is 0 Å². The molecule has 0 radical (unpaired) electrons. The van der Waals surface area contributed by atoms with E-state index in [1.807, 2.05) is 51.1 Å². The predicted molar refractivity (Wildman–Crippen MR) is 77.0 cm³/mol. The Labute approximate surface area is 123 Å². The van der Waals surface area contributed by atoms with Gasteiger partial charge in [0.05, 0.1) is 0 Å². The third-order valence-corrected chi connectivity index (χ3v) is 2.97. The number of carbonyl (C=O) groups is 1. The molecule has 0 unspecified atom stereocenters. The first-order chi connectivity index (χ1) is 8.12. The number of alkyl halides is 3. The monoisotopic (exact) mass is 307 g/mol. The molecule has 0 aromatic heterocycles. The molecule has 0 aliphatic heterocycles. The zero-order chi connectivity index (χ0) is 14.0. The zero-order valence-electron chi connectivity index (χ0n) is 10.6. The van der Waals surface area contributed by atoms with Crippen molar-refractivity contribution in [1.29, 1.82) is 0 Å². The third-order valence-electron chi connectivity index (χ3n) is 2.48. The first-order valence-electron chi connectivity index (χ1n) is 5.55. The summed E-state index contributed by atoms with van der Waals surface area (Å²) < 4.78 is -1.93. The normalized spacial score (nSPS) is 12.3. The lowest BCUT2D eigenvalue weighted by Crippen LogP contribution is -2.49. The highest BCUT2D eigenvalue weighted by Gasteiger charge is 2.39. The van der Waals surface area contributed by atoms with E-state index in [0.29, 0.717) is 6.54 Å². The molecule has 5 heteroatoms. The second-order valence-electron chi connectivity index (χ2n) is 5.05. The Morgan fingerprint density at radius 1 is 1.11 bits per heavy atom. The van der Waals surface area contributed by atoms with Crippen molar-refractivity contribution in [3.8, 4) is 0 Å². The molecule has 1 rings (SSSR count). The first kappa shape index (κ1) is 15.6. The quantitative estimate of drug-likeness (QED) is 0.750. The Kier molecular flexibility index (Phi) is 4.93. The Hall–Kier alpha value is -0.440. The lowest BCUT2D eigenvalue weighted by Gasteiger charge is -2.37. The van der Waals surface area contributed by atoms with Crippen LogP contribution >= 0.6 is 34.8 Å². The molecule has 0 saturated heterocycles. The molecule has 0 spiro atoms. The van der Waals surface area contributed by atoms with Crippen LogP contribution in [0.4, 0.5) is 0 Å². The van der Waals surface area contributed by atoms with Gasteiger partial charge in [-0.05, 0) is 26.3 Å². The molecule has 0 fully saturated rings. The molecule has 0 atom stereocenters. The molecule has 1 aromatic carbocycles. The highest BCUT2D eigenvalue weighted by molar-refractivity contribution is 6.76. The van der Waals surface area contributed by atoms with Crippen LogP contribution in [0.3, 0.4) is 0 Å². The van der Waals surface area contributed by atoms with Crippen LogP contribution in [0.5, 0.6) is 0 Å². The van der Waals surface area contributed by atoms with Gasteiger partial charge in [0, 0.05) is 12.1 Å². The minimum Gasteiger partial charge on any atom is -0.330 e. The van der Waals surface area contributed by atoms with E-state index < -0.39 is 15.2 Å². The summed E-state index contributed by atoms with van der Waals surface area (Å²) in [6.45, 7) is 6.13. The van der Waals surface area contributed by atoms with Gasteiger partial charge in [-0.3, -0.25) is 4.79 Å². The molecule has 18 heavy (non-hydrogen) atoms. The van der Waals surface area contributed by atoms with Crippen LogP contribution < -0.4 is 0 Å². The van der Waals surface area contributed by atoms with E-state index >= 15 is 0 Å². The third kappa shape index (κ3) is 4.34. The summed E-state index contributed by atoms with van der Waals surface area (Å²) in [6, 6.07) is 9.61. The molecule has 0 saturated carbocycles. The topological polar surface area (TPSA) is 20.3 Å². The molecule has 100 valence electrons. The van der Waals surface area contributed by atoms with Crippen LogP contribution in [0, 0.1) is 0 Å². The molecule has 0 aliphatic carbocycles. The number of hydrogen-bond donors (Lipinski definition) is 0. The molecule has 0 N–H and O–H groups in total. The van der Waals surface area contributed by atoms with Gasteiger partial charge < -0.3 is 4.90 Å². The molecule has 0 bridgehead atoms. The largest absolute Gasteiger partial charge is 0.330 e. The first-order valence-corrected chi connectivity index (χ1v) is 6.68. The van der Waals surface area contributed by atoms with E-state index in [1.165, 1.54) is 0 Å². The summed E-state index contributed by atoms with van der Waals surface area (Å²) in [5, 5.41) is 0. The van der Waals surface area contributed by atoms with Crippen molar-refractivity contribution >= 4 is 40.7 Å². The van der Waals surface area contributed by atoms with Crippen LogP contribution in [0.15, 0.2) is 30.3 Å². The van der Waals surface area contributed by atoms with Gasteiger partial charge in [-0.1, -0.05) is 65.1 Å². The lowest BCUT2D eigenvalue weighted by molar-refractivity contribution is -0.135. The van der Waals surface area contributed by atoms with Crippen molar-refractivity contribution in [1.82, 2.24) is 4.90 Å². The van der Waals surface area contributed by atoms with Crippen LogP contribution in [0.25, 0.3) is 0 Å². The number of rotatable bonds is 2. The molecular formula is C13H16Cl3NO. The maximum Gasteiger partial charge on any atom is 0.275 e. The number of amides is 1. The van der Waals surface area contributed by atoms with Gasteiger partial charge in [-0.2, -0.15) is 0 Å². The van der Waals surface area contributed by atoms with E-state index in [9.17, 15) is 4.79 Å². The Bertz CT molecular complexity index is 406. The van der Waals surface area contributed by atoms with Gasteiger partial charge in [-0.15, -0.1) is 0 Å². The van der Waals surface area contributed by atoms with E-state index in [0.717, 1.165) is 5.56 Å². The van der Waals surface area contributed by atoms with E-state index in [4.69, 9.17) is 34.8 Å². The maximum atomic E-state index is 12.1. The standard InChI is InChI=1S/C13H16Cl3NO/c1-12(2,3)17(11(18)13(14,15)16)9-10-7-5-4-6-8-10/h4-8H,9H2,1-3H3. The van der Waals surface area contributed by atoms with Gasteiger partial charge >= 0.3 is 0 Å². The van der Waals surface area contributed by atoms with Crippen LogP contribution in [0.1, 0.15) is 26.3 Å². The fourth-order valence-corrected chi connectivity index (χ4v) is 1.84. The van der Waals surface area contributed by atoms with Gasteiger partial charge in [0.1, 0.15) is 0 Å². The Balaban J connectivity index is 2.98. The average Bonchev–Trinajstić information content (AvgIpc) is 2.23. The van der Waals surface area contributed by atoms with Gasteiger partial charge in [-0.25, -0.2) is 0 Å². The summed E-state index contributed by atoms with van der Waals surface area (Å²) in [4.78, 5) is 13.7. The van der Waals surface area contributed by atoms with Gasteiger partial charge in [0.25, 0.3) is 9.70 Å². The van der Waals surface area contributed by atoms with Crippen molar-refractivity contribution in [2.75, 3.05) is 0 Å². The fourth-order valence-electron chi connectivity index (χ4n) is 1.53. The Morgan fingerprint density at radius 3 is 2.00 bits per heavy atom. The molecule has 0 aliphatic rings. The number of benzene rings is 1. The average molecular weight is 309 g/mol. The summed E-state index contributed by atoms with van der Waals surface area (Å²) in [5.41, 5.74) is 0.576. The SMILES string of the molecule is CC(C)(C)N(Cc1ccccc1)C(=O)C(Cl)(Cl)Cl. The number of carbonyl (C=O) groups excluding carboxylic acids is 1. The van der Waals surface area contributed by atoms with Crippen molar-refractivity contribution < 1.29 is 4.79 Å². The maximum absolute atomic E-state index is 12.1. The molecule has 0 heterocycles. The highest BCUT2D eigenvalue weighted by atomic mass is 35.6. The smallest absolute Gasteiger partial charge is 0.275 e. The number of halogens is 3. The molecule has 1 amide bonds. The number of nitrogens with zero attached hydrogens (tertiary/aromatic N) is 1. The van der Waals surface area contributed by atoms with Crippen molar-refractivity contribution in [3.63, 3.8) is 0 Å². The molecule has 2 nitrogen and oxygen atoms in total. The van der Waals surface area contributed by atoms with Crippen molar-refractivity contribution in [3.05, 3.63) is 35.9 Å². The van der Waals surface area contributed by atoms with Gasteiger partial charge in [0.2, 0.25) is 0 Å². The predicted octanol–water partition coefficient (Wildman–Crippen LogP) is 4.18. The van der Waals surface area contributed by atoms with Gasteiger partial charge in [0.15, 0.2) is 0 Å². The fraction of sp³-hybridized carbons (Fsp3) is 0.462. The zero-order valence-corrected chi connectivity index (χ0v) is 12.9. The lowest BCUT2D eigenvalue weighted by atomic mass is 10.0. The molecule has 1 aromatic rings. The second kappa shape index (κ2) is 5.68. The minimum absolute atomic E-state index is 0.414. The summed E-state index contributed by atoms with van der Waals surface area (Å²) in [7, 11) is 0. The van der Waals surface area contributed by atoms with Crippen molar-refractivity contribution in [2.24, 2.45) is 0 Å². The summed E-state index contributed by atoms with van der Waals surface area (Å²) >= 11 is 17.1. The second-order valence-corrected chi connectivity index (χ2v) is 7.33. The minimum atomic E-state index is -1.93. The summed E-state index contributed by atoms with van der Waals surface area (Å²) in [5.74, 6) is -0.510. The van der Waals surface area contributed by atoms with E-state index in [2.05, 4.69) is 0 Å². The number of hydrogen-bond acceptors (Lipinski definition) is 1. The summed E-state index contributed by atoms with van der Waals surface area (Å²) in [6.07, 6.45) is 0.